The van der Waals surface area contributed by atoms with Crippen molar-refractivity contribution in [2.45, 2.75) is 12.5 Å². The molecule has 0 atom stereocenters. The average molecular weight is 404 g/mol. The predicted octanol–water partition coefficient (Wildman–Crippen LogP) is 5.08. The Morgan fingerprint density at radius 3 is 1.63 bits per heavy atom. The normalized spacial score (nSPS) is 12.0. The maximum atomic E-state index is 14.0. The van der Waals surface area contributed by atoms with Crippen LogP contribution < -0.4 is 9.47 Å². The van der Waals surface area contributed by atoms with E-state index in [1.54, 1.807) is 0 Å². The van der Waals surface area contributed by atoms with Crippen LogP contribution in [0.4, 0.5) is 39.5 Å². The summed E-state index contributed by atoms with van der Waals surface area (Å²) in [6.45, 7) is 0. The standard InChI is InChI=1S/C15H5F9O3/c16-8-1-6(5-25)2-9(17)12(8)14(20,21)26-7-3-10(18)13(11(19)4-7)27-15(22,23)24/h1-5H. The Balaban J connectivity index is 2.40. The van der Waals surface area contributed by atoms with Gasteiger partial charge < -0.3 is 9.47 Å². The molecule has 0 amide bonds. The van der Waals surface area contributed by atoms with E-state index in [0.717, 1.165) is 0 Å². The van der Waals surface area contributed by atoms with E-state index in [0.29, 0.717) is 0 Å². The molecular weight excluding hydrogens is 399 g/mol. The highest BCUT2D eigenvalue weighted by molar-refractivity contribution is 5.74. The zero-order chi connectivity index (χ0) is 20.6. The van der Waals surface area contributed by atoms with Crippen molar-refractivity contribution in [2.75, 3.05) is 0 Å². The molecule has 12 heteroatoms. The lowest BCUT2D eigenvalue weighted by molar-refractivity contribution is -0.276. The summed E-state index contributed by atoms with van der Waals surface area (Å²) in [6, 6.07) is 0.301. The van der Waals surface area contributed by atoms with E-state index < -0.39 is 58.4 Å². The second kappa shape index (κ2) is 7.00. The molecule has 3 nitrogen and oxygen atoms in total. The minimum Gasteiger partial charge on any atom is -0.429 e. The zero-order valence-electron chi connectivity index (χ0n) is 12.5. The molecule has 2 rings (SSSR count). The first kappa shape index (κ1) is 20.4. The maximum absolute atomic E-state index is 14.0. The maximum Gasteiger partial charge on any atom is 0.573 e. The molecule has 0 aliphatic carbocycles. The van der Waals surface area contributed by atoms with Gasteiger partial charge in [0.2, 0.25) is 5.75 Å². The van der Waals surface area contributed by atoms with Crippen molar-refractivity contribution in [3.05, 3.63) is 58.7 Å². The molecule has 0 unspecified atom stereocenters. The lowest BCUT2D eigenvalue weighted by Gasteiger charge is -2.20. The Morgan fingerprint density at radius 2 is 1.22 bits per heavy atom. The van der Waals surface area contributed by atoms with Crippen LogP contribution in [0.5, 0.6) is 11.5 Å². The number of carbonyl (C=O) groups excluding carboxylic acids is 1. The summed E-state index contributed by atoms with van der Waals surface area (Å²) in [5.74, 6) is -11.3. The van der Waals surface area contributed by atoms with Crippen molar-refractivity contribution < 1.29 is 53.8 Å². The largest absolute Gasteiger partial charge is 0.573 e. The van der Waals surface area contributed by atoms with Crippen LogP contribution >= 0.6 is 0 Å². The summed E-state index contributed by atoms with van der Waals surface area (Å²) in [4.78, 5) is 10.4. The molecule has 0 fully saturated rings. The molecular formula is C15H5F9O3. The van der Waals surface area contributed by atoms with E-state index >= 15 is 0 Å². The predicted molar refractivity (Wildman–Crippen MR) is 69.3 cm³/mol. The minimum absolute atomic E-state index is 0.0287. The molecule has 0 aliphatic heterocycles. The third-order valence-corrected chi connectivity index (χ3v) is 2.93. The highest BCUT2D eigenvalue weighted by atomic mass is 19.4. The van der Waals surface area contributed by atoms with Gasteiger partial charge in [-0.05, 0) is 12.1 Å². The molecule has 0 saturated heterocycles. The topological polar surface area (TPSA) is 35.5 Å². The van der Waals surface area contributed by atoms with Gasteiger partial charge >= 0.3 is 12.5 Å². The van der Waals surface area contributed by atoms with E-state index in [-0.39, 0.29) is 30.6 Å². The second-order valence-electron chi connectivity index (χ2n) is 4.86. The van der Waals surface area contributed by atoms with Gasteiger partial charge in [-0.1, -0.05) is 0 Å². The number of aldehydes is 1. The van der Waals surface area contributed by atoms with Crippen molar-refractivity contribution >= 4 is 6.29 Å². The molecule has 0 aromatic heterocycles. The Bertz CT molecular complexity index is 831. The SMILES string of the molecule is O=Cc1cc(F)c(C(F)(F)Oc2cc(F)c(OC(F)(F)F)c(F)c2)c(F)c1. The number of hydrogen-bond donors (Lipinski definition) is 0. The second-order valence-corrected chi connectivity index (χ2v) is 4.86. The summed E-state index contributed by atoms with van der Waals surface area (Å²) >= 11 is 0. The molecule has 0 N–H and O–H groups in total. The van der Waals surface area contributed by atoms with Gasteiger partial charge in [0.25, 0.3) is 0 Å². The van der Waals surface area contributed by atoms with Crippen LogP contribution in [0.1, 0.15) is 15.9 Å². The molecule has 2 aromatic rings. The van der Waals surface area contributed by atoms with E-state index in [2.05, 4.69) is 9.47 Å². The van der Waals surface area contributed by atoms with Crippen molar-refractivity contribution in [2.24, 2.45) is 0 Å². The Morgan fingerprint density at radius 1 is 0.741 bits per heavy atom. The molecule has 0 saturated carbocycles. The lowest BCUT2D eigenvalue weighted by Crippen LogP contribution is -2.25. The van der Waals surface area contributed by atoms with Crippen LogP contribution in [0, 0.1) is 23.3 Å². The molecule has 2 aromatic carbocycles. The molecule has 0 spiro atoms. The quantitative estimate of drug-likeness (QED) is 0.515. The first-order valence-electron chi connectivity index (χ1n) is 6.60. The Hall–Kier alpha value is -2.92. The van der Waals surface area contributed by atoms with Crippen molar-refractivity contribution in [3.8, 4) is 11.5 Å². The van der Waals surface area contributed by atoms with Gasteiger partial charge in [0.1, 0.15) is 29.2 Å². The van der Waals surface area contributed by atoms with E-state index in [1.807, 2.05) is 0 Å². The van der Waals surface area contributed by atoms with Gasteiger partial charge in [0, 0.05) is 17.7 Å². The van der Waals surface area contributed by atoms with Gasteiger partial charge in [-0.15, -0.1) is 13.2 Å². The van der Waals surface area contributed by atoms with Gasteiger partial charge in [0.05, 0.1) is 0 Å². The molecule has 0 radical (unpaired) electrons. The number of ether oxygens (including phenoxy) is 2. The number of hydrogen-bond acceptors (Lipinski definition) is 3. The number of halogens is 9. The zero-order valence-corrected chi connectivity index (χ0v) is 12.5. The number of carbonyl (C=O) groups is 1. The third-order valence-electron chi connectivity index (χ3n) is 2.93. The van der Waals surface area contributed by atoms with E-state index in [1.165, 1.54) is 0 Å². The van der Waals surface area contributed by atoms with E-state index in [4.69, 9.17) is 0 Å². The lowest BCUT2D eigenvalue weighted by atomic mass is 10.1. The fourth-order valence-electron chi connectivity index (χ4n) is 1.95. The van der Waals surface area contributed by atoms with Crippen molar-refractivity contribution in [3.63, 3.8) is 0 Å². The summed E-state index contributed by atoms with van der Waals surface area (Å²) in [5.41, 5.74) is -2.60. The fourth-order valence-corrected chi connectivity index (χ4v) is 1.95. The summed E-state index contributed by atoms with van der Waals surface area (Å²) in [7, 11) is 0. The average Bonchev–Trinajstić information content (AvgIpc) is 2.48. The summed E-state index contributed by atoms with van der Waals surface area (Å²) in [5, 5.41) is 0. The number of benzene rings is 2. The summed E-state index contributed by atoms with van der Waals surface area (Å²) < 4.78 is 125. The fraction of sp³-hybridized carbons (Fsp3) is 0.133. The molecule has 0 aliphatic rings. The first-order valence-corrected chi connectivity index (χ1v) is 6.60. The molecule has 146 valence electrons. The monoisotopic (exact) mass is 404 g/mol. The third kappa shape index (κ3) is 4.63. The highest BCUT2D eigenvalue weighted by Gasteiger charge is 2.42. The number of rotatable bonds is 5. The van der Waals surface area contributed by atoms with Gasteiger partial charge in [-0.3, -0.25) is 4.79 Å². The Kier molecular flexibility index (Phi) is 5.29. The van der Waals surface area contributed by atoms with Crippen LogP contribution in [0.3, 0.4) is 0 Å². The van der Waals surface area contributed by atoms with Crippen LogP contribution in [-0.4, -0.2) is 12.6 Å². The molecule has 0 heterocycles. The smallest absolute Gasteiger partial charge is 0.429 e. The molecule has 0 bridgehead atoms. The first-order chi connectivity index (χ1) is 12.3. The van der Waals surface area contributed by atoms with Gasteiger partial charge in [-0.2, -0.15) is 8.78 Å². The van der Waals surface area contributed by atoms with Crippen LogP contribution in [0.15, 0.2) is 24.3 Å². The van der Waals surface area contributed by atoms with E-state index in [9.17, 15) is 44.3 Å². The summed E-state index contributed by atoms with van der Waals surface area (Å²) in [6.07, 6.45) is -10.3. The van der Waals surface area contributed by atoms with Crippen LogP contribution in [-0.2, 0) is 6.11 Å². The van der Waals surface area contributed by atoms with Crippen molar-refractivity contribution in [1.82, 2.24) is 0 Å². The Labute approximate surface area is 143 Å². The number of alkyl halides is 5. The van der Waals surface area contributed by atoms with Gasteiger partial charge in [0.15, 0.2) is 11.6 Å². The van der Waals surface area contributed by atoms with Crippen molar-refractivity contribution in [1.29, 1.82) is 0 Å². The van der Waals surface area contributed by atoms with Crippen LogP contribution in [0.2, 0.25) is 0 Å². The van der Waals surface area contributed by atoms with Crippen LogP contribution in [0.25, 0.3) is 0 Å². The highest BCUT2D eigenvalue weighted by Crippen LogP contribution is 2.38. The van der Waals surface area contributed by atoms with Gasteiger partial charge in [-0.25, -0.2) is 17.6 Å². The molecule has 27 heavy (non-hydrogen) atoms. The minimum atomic E-state index is -5.47.